The van der Waals surface area contributed by atoms with E-state index < -0.39 is 67.9 Å². The second-order valence-corrected chi connectivity index (χ2v) is 12.9. The molecule has 2 saturated carbocycles. The molecule has 0 spiro atoms. The van der Waals surface area contributed by atoms with Gasteiger partial charge in [0.15, 0.2) is 27.3 Å². The Labute approximate surface area is 228 Å². The van der Waals surface area contributed by atoms with Crippen LogP contribution in [0.3, 0.4) is 0 Å². The van der Waals surface area contributed by atoms with E-state index in [4.69, 9.17) is 11.6 Å². The van der Waals surface area contributed by atoms with Crippen molar-refractivity contribution in [3.05, 3.63) is 58.4 Å². The van der Waals surface area contributed by atoms with Gasteiger partial charge in [-0.1, -0.05) is 11.6 Å². The summed E-state index contributed by atoms with van der Waals surface area (Å²) in [4.78, 5) is 24.8. The summed E-state index contributed by atoms with van der Waals surface area (Å²) in [5.41, 5.74) is -1.90. The molecule has 1 unspecified atom stereocenters. The third-order valence-corrected chi connectivity index (χ3v) is 10.2. The highest BCUT2D eigenvalue weighted by Gasteiger charge is 2.56. The zero-order valence-electron chi connectivity index (χ0n) is 20.9. The van der Waals surface area contributed by atoms with Crippen LogP contribution in [0.25, 0.3) is 0 Å². The highest BCUT2D eigenvalue weighted by atomic mass is 35.5. The summed E-state index contributed by atoms with van der Waals surface area (Å²) in [6.07, 6.45) is 0.292. The molecule has 2 aliphatic carbocycles. The van der Waals surface area contributed by atoms with Crippen molar-refractivity contribution in [2.75, 3.05) is 11.9 Å². The number of hydrogen-bond donors (Lipinski definition) is 4. The minimum Gasteiger partial charge on any atom is -0.392 e. The first kappa shape index (κ1) is 29.3. The molecule has 5 atom stereocenters. The van der Waals surface area contributed by atoms with Crippen LogP contribution >= 0.6 is 11.6 Å². The molecule has 2 aliphatic rings. The Morgan fingerprint density at radius 2 is 1.69 bits per heavy atom. The summed E-state index contributed by atoms with van der Waals surface area (Å²) in [5.74, 6) is -6.94. The van der Waals surface area contributed by atoms with Crippen LogP contribution in [0.1, 0.15) is 49.4 Å². The van der Waals surface area contributed by atoms with Crippen molar-refractivity contribution in [1.29, 1.82) is 0 Å². The molecule has 212 valence electrons. The molecule has 2 aromatic rings. The maximum absolute atomic E-state index is 13.7. The van der Waals surface area contributed by atoms with E-state index >= 15 is 0 Å². The van der Waals surface area contributed by atoms with Gasteiger partial charge in [0.2, 0.25) is 5.91 Å². The smallest absolute Gasteiger partial charge is 0.255 e. The Morgan fingerprint density at radius 1 is 1.10 bits per heavy atom. The minimum atomic E-state index is -4.09. The van der Waals surface area contributed by atoms with Gasteiger partial charge in [0.05, 0.1) is 33.3 Å². The number of anilines is 1. The van der Waals surface area contributed by atoms with Crippen molar-refractivity contribution >= 4 is 38.9 Å². The van der Waals surface area contributed by atoms with Gasteiger partial charge in [0.1, 0.15) is 0 Å². The van der Waals surface area contributed by atoms with Crippen molar-refractivity contribution < 1.29 is 41.4 Å². The van der Waals surface area contributed by atoms with Gasteiger partial charge in [-0.3, -0.25) is 9.59 Å². The number of fused-ring (bicyclic) bond motifs is 2. The predicted molar refractivity (Wildman–Crippen MR) is 136 cm³/mol. The van der Waals surface area contributed by atoms with E-state index in [1.807, 2.05) is 0 Å². The Hall–Kier alpha value is -2.67. The topological polar surface area (TPSA) is 133 Å². The Bertz CT molecular complexity index is 1370. The first-order valence-corrected chi connectivity index (χ1v) is 14.3. The van der Waals surface area contributed by atoms with Crippen LogP contribution in [-0.2, 0) is 14.6 Å². The molecule has 0 aliphatic heterocycles. The van der Waals surface area contributed by atoms with Gasteiger partial charge < -0.3 is 20.8 Å². The zero-order chi connectivity index (χ0) is 28.7. The number of sulfone groups is 1. The molecule has 4 N–H and O–H groups in total. The molecule has 2 bridgehead atoms. The predicted octanol–water partition coefficient (Wildman–Crippen LogP) is 3.59. The molecule has 39 heavy (non-hydrogen) atoms. The van der Waals surface area contributed by atoms with E-state index in [9.17, 15) is 41.4 Å². The molecule has 0 heterocycles. The normalized spacial score (nSPS) is 25.3. The van der Waals surface area contributed by atoms with Crippen molar-refractivity contribution in [3.8, 4) is 0 Å². The Morgan fingerprint density at radius 3 is 2.26 bits per heavy atom. The van der Waals surface area contributed by atoms with Crippen LogP contribution in [0.4, 0.5) is 18.9 Å². The first-order chi connectivity index (χ1) is 18.2. The average molecular weight is 589 g/mol. The number of carbonyl (C=O) groups is 2. The molecule has 2 amide bonds. The molecule has 2 aromatic carbocycles. The van der Waals surface area contributed by atoms with Gasteiger partial charge in [0, 0.05) is 29.9 Å². The number of aliphatic hydroxyl groups excluding tert-OH is 1. The van der Waals surface area contributed by atoms with Gasteiger partial charge in [-0.15, -0.1) is 0 Å². The summed E-state index contributed by atoms with van der Waals surface area (Å²) in [6, 6.07) is 4.70. The van der Waals surface area contributed by atoms with Gasteiger partial charge in [-0.05, 0) is 62.6 Å². The number of carbonyl (C=O) groups excluding carboxylic acids is 2. The van der Waals surface area contributed by atoms with E-state index in [0.29, 0.717) is 25.0 Å². The molecular formula is C26H28ClF3N2O6S. The first-order valence-electron chi connectivity index (χ1n) is 12.4. The fourth-order valence-corrected chi connectivity index (χ4v) is 8.01. The SMILES string of the molecule is C[C@H](O)CNC(=O)C[C@@]1(O)C2CC[C@H]1C[C@H](S(=O)(=O)c1cc(C(=O)Nc3cc(F)c(F)c(F)c3)ccc1Cl)C2. The van der Waals surface area contributed by atoms with Gasteiger partial charge in [0.25, 0.3) is 5.91 Å². The zero-order valence-corrected chi connectivity index (χ0v) is 22.5. The fraction of sp³-hybridized carbons (Fsp3) is 0.462. The van der Waals surface area contributed by atoms with Crippen LogP contribution in [0.15, 0.2) is 35.2 Å². The summed E-state index contributed by atoms with van der Waals surface area (Å²) < 4.78 is 67.6. The summed E-state index contributed by atoms with van der Waals surface area (Å²) in [5, 5.41) is 24.4. The molecule has 4 rings (SSSR count). The summed E-state index contributed by atoms with van der Waals surface area (Å²) in [6.45, 7) is 1.55. The maximum atomic E-state index is 13.7. The second-order valence-electron chi connectivity index (χ2n) is 10.3. The molecular weight excluding hydrogens is 561 g/mol. The van der Waals surface area contributed by atoms with Gasteiger partial charge >= 0.3 is 0 Å². The van der Waals surface area contributed by atoms with E-state index in [2.05, 4.69) is 10.6 Å². The monoisotopic (exact) mass is 588 g/mol. The van der Waals surface area contributed by atoms with Crippen LogP contribution in [-0.4, -0.2) is 53.9 Å². The van der Waals surface area contributed by atoms with Crippen LogP contribution in [0.5, 0.6) is 0 Å². The average Bonchev–Trinajstić information content (AvgIpc) is 3.01. The molecule has 2 fully saturated rings. The number of hydrogen-bond acceptors (Lipinski definition) is 6. The number of aliphatic hydroxyl groups is 2. The van der Waals surface area contributed by atoms with Crippen molar-refractivity contribution in [2.24, 2.45) is 11.8 Å². The Balaban J connectivity index is 1.52. The van der Waals surface area contributed by atoms with E-state index in [0.717, 1.165) is 6.07 Å². The lowest BCUT2D eigenvalue weighted by Crippen LogP contribution is -2.51. The van der Waals surface area contributed by atoms with Crippen molar-refractivity contribution in [1.82, 2.24) is 5.32 Å². The second kappa shape index (κ2) is 11.1. The molecule has 13 heteroatoms. The Kier molecular flexibility index (Phi) is 8.32. The molecule has 8 nitrogen and oxygen atoms in total. The molecule has 0 radical (unpaired) electrons. The largest absolute Gasteiger partial charge is 0.392 e. The number of halogens is 4. The highest BCUT2D eigenvalue weighted by molar-refractivity contribution is 7.92. The van der Waals surface area contributed by atoms with Crippen LogP contribution in [0, 0.1) is 29.3 Å². The number of rotatable bonds is 8. The minimum absolute atomic E-state index is 0.0364. The van der Waals surface area contributed by atoms with Gasteiger partial charge in [-0.25, -0.2) is 21.6 Å². The van der Waals surface area contributed by atoms with E-state index in [1.54, 1.807) is 0 Å². The van der Waals surface area contributed by atoms with Crippen molar-refractivity contribution in [2.45, 2.75) is 60.9 Å². The van der Waals surface area contributed by atoms with Crippen LogP contribution in [0.2, 0.25) is 5.02 Å². The standard InChI is InChI=1S/C26H28ClF3N2O6S/c1-13(33)12-31-23(34)11-26(36)15-3-4-16(26)8-18(7-15)39(37,38)22-6-14(2-5-19(22)27)25(35)32-17-9-20(28)24(30)21(29)10-17/h2,5-6,9-10,13,15-16,18,33,36H,3-4,7-8,11-12H2,1H3,(H,31,34)(H,32,35)/t13-,15-,16?,18-,26-/m0/s1. The van der Waals surface area contributed by atoms with Gasteiger partial charge in [-0.2, -0.15) is 0 Å². The maximum Gasteiger partial charge on any atom is 0.255 e. The quantitative estimate of drug-likeness (QED) is 0.349. The third kappa shape index (κ3) is 5.93. The number of nitrogens with one attached hydrogen (secondary N) is 2. The lowest BCUT2D eigenvalue weighted by atomic mass is 9.72. The number of amides is 2. The highest BCUT2D eigenvalue weighted by Crippen LogP contribution is 2.53. The molecule has 0 saturated heterocycles. The molecule has 0 aromatic heterocycles. The lowest BCUT2D eigenvalue weighted by Gasteiger charge is -2.42. The van der Waals surface area contributed by atoms with Crippen molar-refractivity contribution in [3.63, 3.8) is 0 Å². The number of benzene rings is 2. The van der Waals surface area contributed by atoms with Crippen LogP contribution < -0.4 is 10.6 Å². The third-order valence-electron chi connectivity index (χ3n) is 7.59. The summed E-state index contributed by atoms with van der Waals surface area (Å²) in [7, 11) is -4.09. The van der Waals surface area contributed by atoms with E-state index in [1.165, 1.54) is 19.1 Å². The lowest BCUT2D eigenvalue weighted by molar-refractivity contribution is -0.133. The fourth-order valence-electron chi connectivity index (χ4n) is 5.61. The van der Waals surface area contributed by atoms with E-state index in [-0.39, 0.29) is 47.0 Å². The summed E-state index contributed by atoms with van der Waals surface area (Å²) >= 11 is 6.22.